The van der Waals surface area contributed by atoms with Gasteiger partial charge < -0.3 is 20.5 Å². The van der Waals surface area contributed by atoms with E-state index < -0.39 is 6.09 Å². The van der Waals surface area contributed by atoms with Gasteiger partial charge >= 0.3 is 6.09 Å². The molecule has 2 rings (SSSR count). The Morgan fingerprint density at radius 1 is 1.00 bits per heavy atom. The van der Waals surface area contributed by atoms with Crippen LogP contribution in [0, 0.1) is 11.8 Å². The summed E-state index contributed by atoms with van der Waals surface area (Å²) in [6.07, 6.45) is 5.84. The number of carbonyl (C=O) groups excluding carboxylic acids is 1. The maximum absolute atomic E-state index is 10.7. The zero-order chi connectivity index (χ0) is 13.5. The normalized spacial score (nSPS) is 29.1. The van der Waals surface area contributed by atoms with Gasteiger partial charge in [-0.05, 0) is 63.5 Å². The number of amides is 1. The average Bonchev–Trinajstić information content (AvgIpc) is 2.41. The quantitative estimate of drug-likeness (QED) is 0.797. The zero-order valence-corrected chi connectivity index (χ0v) is 11.6. The second-order valence-corrected chi connectivity index (χ2v) is 5.81. The molecule has 1 aliphatic heterocycles. The van der Waals surface area contributed by atoms with E-state index in [0.29, 0.717) is 5.92 Å². The van der Waals surface area contributed by atoms with Gasteiger partial charge in [-0.3, -0.25) is 0 Å². The summed E-state index contributed by atoms with van der Waals surface area (Å²) in [5.74, 6) is 1.35. The Kier molecular flexibility index (Phi) is 5.92. The largest absolute Gasteiger partial charge is 0.446 e. The summed E-state index contributed by atoms with van der Waals surface area (Å²) >= 11 is 0. The van der Waals surface area contributed by atoms with E-state index in [1.807, 2.05) is 0 Å². The molecule has 1 heterocycles. The second-order valence-electron chi connectivity index (χ2n) is 5.81. The predicted molar refractivity (Wildman–Crippen MR) is 72.8 cm³/mol. The predicted octanol–water partition coefficient (Wildman–Crippen LogP) is 1.66. The lowest BCUT2D eigenvalue weighted by Gasteiger charge is -2.28. The first-order valence-corrected chi connectivity index (χ1v) is 7.48. The minimum Gasteiger partial charge on any atom is -0.446 e. The van der Waals surface area contributed by atoms with E-state index in [9.17, 15) is 4.79 Å². The van der Waals surface area contributed by atoms with E-state index in [2.05, 4.69) is 5.32 Å². The van der Waals surface area contributed by atoms with Gasteiger partial charge in [-0.25, -0.2) is 4.79 Å². The molecule has 2 aliphatic rings. The Bertz CT molecular complexity index is 272. The van der Waals surface area contributed by atoms with Crippen LogP contribution in [-0.2, 0) is 9.47 Å². The lowest BCUT2D eigenvalue weighted by atomic mass is 9.88. The summed E-state index contributed by atoms with van der Waals surface area (Å²) in [5, 5.41) is 3.37. The summed E-state index contributed by atoms with van der Waals surface area (Å²) in [4.78, 5) is 10.7. The first-order chi connectivity index (χ1) is 9.24. The molecule has 5 nitrogen and oxygen atoms in total. The fourth-order valence-electron chi connectivity index (χ4n) is 3.03. The first kappa shape index (κ1) is 14.6. The summed E-state index contributed by atoms with van der Waals surface area (Å²) in [6, 6.07) is 0. The number of primary amides is 1. The summed E-state index contributed by atoms with van der Waals surface area (Å²) in [6.45, 7) is 4.01. The van der Waals surface area contributed by atoms with Crippen molar-refractivity contribution in [1.82, 2.24) is 5.32 Å². The van der Waals surface area contributed by atoms with Gasteiger partial charge in [0.1, 0.15) is 6.10 Å². The third-order valence-electron chi connectivity index (χ3n) is 4.24. The van der Waals surface area contributed by atoms with Gasteiger partial charge in [0, 0.05) is 13.2 Å². The molecule has 0 aromatic heterocycles. The van der Waals surface area contributed by atoms with Crippen molar-refractivity contribution < 1.29 is 14.3 Å². The Balaban J connectivity index is 1.54. The van der Waals surface area contributed by atoms with Crippen LogP contribution in [0.5, 0.6) is 0 Å². The molecule has 1 amide bonds. The number of nitrogens with two attached hydrogens (primary N) is 1. The molecule has 1 aliphatic carbocycles. The van der Waals surface area contributed by atoms with Gasteiger partial charge in [0.05, 0.1) is 0 Å². The summed E-state index contributed by atoms with van der Waals surface area (Å²) in [5.41, 5.74) is 5.03. The fourth-order valence-corrected chi connectivity index (χ4v) is 3.03. The van der Waals surface area contributed by atoms with E-state index in [1.165, 1.54) is 12.8 Å². The molecule has 1 saturated carbocycles. The third-order valence-corrected chi connectivity index (χ3v) is 4.24. The van der Waals surface area contributed by atoms with Gasteiger partial charge in [-0.1, -0.05) is 0 Å². The highest BCUT2D eigenvalue weighted by Crippen LogP contribution is 2.26. The molecule has 0 unspecified atom stereocenters. The maximum Gasteiger partial charge on any atom is 0.404 e. The minimum absolute atomic E-state index is 0.0261. The number of rotatable bonds is 5. The van der Waals surface area contributed by atoms with Gasteiger partial charge in [-0.15, -0.1) is 0 Å². The van der Waals surface area contributed by atoms with Crippen LogP contribution in [-0.4, -0.2) is 38.5 Å². The van der Waals surface area contributed by atoms with Crippen LogP contribution in [0.1, 0.15) is 38.5 Å². The monoisotopic (exact) mass is 270 g/mol. The van der Waals surface area contributed by atoms with Crippen LogP contribution in [0.25, 0.3) is 0 Å². The van der Waals surface area contributed by atoms with E-state index >= 15 is 0 Å². The van der Waals surface area contributed by atoms with Crippen molar-refractivity contribution in [3.05, 3.63) is 0 Å². The molecular weight excluding hydrogens is 244 g/mol. The maximum atomic E-state index is 10.7. The number of nitrogens with one attached hydrogen (secondary N) is 1. The molecule has 0 aromatic carbocycles. The molecule has 1 saturated heterocycles. The Labute approximate surface area is 115 Å². The van der Waals surface area contributed by atoms with Crippen molar-refractivity contribution in [2.45, 2.75) is 44.6 Å². The van der Waals surface area contributed by atoms with Crippen LogP contribution in [0.4, 0.5) is 4.79 Å². The highest BCUT2D eigenvalue weighted by atomic mass is 16.6. The molecule has 0 radical (unpaired) electrons. The van der Waals surface area contributed by atoms with Gasteiger partial charge in [0.15, 0.2) is 0 Å². The number of ether oxygens (including phenoxy) is 2. The molecule has 0 aromatic rings. The number of hydrogen-bond acceptors (Lipinski definition) is 4. The Hall–Kier alpha value is -0.810. The van der Waals surface area contributed by atoms with Gasteiger partial charge in [-0.2, -0.15) is 0 Å². The van der Waals surface area contributed by atoms with Crippen molar-refractivity contribution in [3.63, 3.8) is 0 Å². The minimum atomic E-state index is -0.648. The van der Waals surface area contributed by atoms with Crippen molar-refractivity contribution in [3.8, 4) is 0 Å². The molecule has 19 heavy (non-hydrogen) atoms. The second kappa shape index (κ2) is 7.70. The lowest BCUT2D eigenvalue weighted by Crippen LogP contribution is -2.31. The Morgan fingerprint density at radius 3 is 2.16 bits per heavy atom. The Morgan fingerprint density at radius 2 is 1.58 bits per heavy atom. The number of hydrogen-bond donors (Lipinski definition) is 2. The molecule has 110 valence electrons. The smallest absolute Gasteiger partial charge is 0.404 e. The number of piperidine rings is 1. The van der Waals surface area contributed by atoms with Crippen LogP contribution < -0.4 is 11.1 Å². The van der Waals surface area contributed by atoms with E-state index in [0.717, 1.165) is 57.9 Å². The van der Waals surface area contributed by atoms with E-state index in [4.69, 9.17) is 15.2 Å². The van der Waals surface area contributed by atoms with Crippen LogP contribution in [0.2, 0.25) is 0 Å². The highest BCUT2D eigenvalue weighted by molar-refractivity contribution is 5.64. The van der Waals surface area contributed by atoms with Crippen molar-refractivity contribution in [2.24, 2.45) is 17.6 Å². The average molecular weight is 270 g/mol. The van der Waals surface area contributed by atoms with Crippen molar-refractivity contribution >= 4 is 6.09 Å². The first-order valence-electron chi connectivity index (χ1n) is 7.48. The lowest BCUT2D eigenvalue weighted by molar-refractivity contribution is 0.0261. The summed E-state index contributed by atoms with van der Waals surface area (Å²) in [7, 11) is 0. The fraction of sp³-hybridized carbons (Fsp3) is 0.929. The SMILES string of the molecule is NC(=O)OC1CCC(COCC2CCNCC2)CC1. The van der Waals surface area contributed by atoms with E-state index in [1.54, 1.807) is 0 Å². The standard InChI is InChI=1S/C14H26N2O3/c15-14(17)19-13-3-1-11(2-4-13)9-18-10-12-5-7-16-8-6-12/h11-13,16H,1-10H2,(H2,15,17). The summed E-state index contributed by atoms with van der Waals surface area (Å²) < 4.78 is 10.9. The van der Waals surface area contributed by atoms with Gasteiger partial charge in [0.25, 0.3) is 0 Å². The number of carbonyl (C=O) groups is 1. The van der Waals surface area contributed by atoms with Crippen LogP contribution in [0.3, 0.4) is 0 Å². The highest BCUT2D eigenvalue weighted by Gasteiger charge is 2.23. The topological polar surface area (TPSA) is 73.6 Å². The zero-order valence-electron chi connectivity index (χ0n) is 11.6. The van der Waals surface area contributed by atoms with Crippen molar-refractivity contribution in [1.29, 1.82) is 0 Å². The molecule has 0 atom stereocenters. The molecular formula is C14H26N2O3. The molecule has 2 fully saturated rings. The van der Waals surface area contributed by atoms with Crippen molar-refractivity contribution in [2.75, 3.05) is 26.3 Å². The molecule has 5 heteroatoms. The molecule has 3 N–H and O–H groups in total. The van der Waals surface area contributed by atoms with Crippen LogP contribution in [0.15, 0.2) is 0 Å². The van der Waals surface area contributed by atoms with Crippen LogP contribution >= 0.6 is 0 Å². The third kappa shape index (κ3) is 5.37. The van der Waals surface area contributed by atoms with Gasteiger partial charge in [0.2, 0.25) is 0 Å². The molecule has 0 bridgehead atoms. The van der Waals surface area contributed by atoms with E-state index in [-0.39, 0.29) is 6.10 Å². The molecule has 0 spiro atoms.